The van der Waals surface area contributed by atoms with Crippen molar-refractivity contribution in [2.45, 2.75) is 31.7 Å². The average Bonchev–Trinajstić information content (AvgIpc) is 3.07. The molecule has 1 aliphatic rings. The second kappa shape index (κ2) is 5.79. The van der Waals surface area contributed by atoms with Crippen LogP contribution < -0.4 is 5.32 Å². The fourth-order valence-electron chi connectivity index (χ4n) is 2.96. The maximum absolute atomic E-state index is 4.59. The Hall–Kier alpha value is -1.62. The summed E-state index contributed by atoms with van der Waals surface area (Å²) >= 11 is 0. The Bertz CT molecular complexity index is 569. The van der Waals surface area contributed by atoms with E-state index in [0.29, 0.717) is 6.04 Å². The fourth-order valence-corrected chi connectivity index (χ4v) is 2.96. The Kier molecular flexibility index (Phi) is 3.87. The van der Waals surface area contributed by atoms with Crippen LogP contribution in [0, 0.1) is 0 Å². The predicted octanol–water partition coefficient (Wildman–Crippen LogP) is 2.52. The largest absolute Gasteiger partial charge is 0.367 e. The normalized spacial score (nSPS) is 16.4. The van der Waals surface area contributed by atoms with E-state index in [0.717, 1.165) is 24.4 Å². The summed E-state index contributed by atoms with van der Waals surface area (Å²) in [5, 5.41) is 3.39. The van der Waals surface area contributed by atoms with Gasteiger partial charge in [-0.05, 0) is 33.0 Å². The molecule has 1 fully saturated rings. The number of fused-ring (bicyclic) bond motifs is 1. The molecule has 1 saturated carbocycles. The number of likely N-dealkylation sites (N-methyl/N-ethyl adjacent to an activating group) is 1. The molecular weight excluding hydrogens is 250 g/mol. The summed E-state index contributed by atoms with van der Waals surface area (Å²) in [4.78, 5) is 11.2. The minimum Gasteiger partial charge on any atom is -0.367 e. The molecule has 0 spiro atoms. The van der Waals surface area contributed by atoms with Crippen molar-refractivity contribution in [2.24, 2.45) is 0 Å². The van der Waals surface area contributed by atoms with Crippen LogP contribution >= 0.6 is 0 Å². The molecular formula is C15H23N5. The Morgan fingerprint density at radius 3 is 2.85 bits per heavy atom. The van der Waals surface area contributed by atoms with Crippen molar-refractivity contribution in [3.63, 3.8) is 0 Å². The van der Waals surface area contributed by atoms with E-state index < -0.39 is 0 Å². The van der Waals surface area contributed by atoms with Gasteiger partial charge in [0, 0.05) is 25.3 Å². The van der Waals surface area contributed by atoms with Crippen molar-refractivity contribution in [3.8, 4) is 0 Å². The number of nitrogens with zero attached hydrogens (tertiary/aromatic N) is 4. The number of pyridine rings is 1. The molecule has 5 nitrogen and oxygen atoms in total. The minimum atomic E-state index is 0.622. The third-order valence-corrected chi connectivity index (χ3v) is 4.06. The summed E-state index contributed by atoms with van der Waals surface area (Å²) in [6, 6.07) is 2.70. The van der Waals surface area contributed by atoms with Crippen LogP contribution in [0.4, 0.5) is 5.82 Å². The van der Waals surface area contributed by atoms with Crippen molar-refractivity contribution in [3.05, 3.63) is 18.6 Å². The number of aromatic nitrogens is 3. The Balaban J connectivity index is 1.83. The predicted molar refractivity (Wildman–Crippen MR) is 82.1 cm³/mol. The van der Waals surface area contributed by atoms with Crippen LogP contribution in [0.5, 0.6) is 0 Å². The Morgan fingerprint density at radius 2 is 2.10 bits per heavy atom. The van der Waals surface area contributed by atoms with Crippen LogP contribution in [0.1, 0.15) is 31.7 Å². The van der Waals surface area contributed by atoms with Crippen molar-refractivity contribution >= 4 is 16.9 Å². The number of anilines is 1. The summed E-state index contributed by atoms with van der Waals surface area (Å²) in [6.07, 6.45) is 9.09. The van der Waals surface area contributed by atoms with Gasteiger partial charge < -0.3 is 14.8 Å². The number of nitrogens with one attached hydrogen (secondary N) is 1. The molecule has 0 unspecified atom stereocenters. The number of hydrogen-bond donors (Lipinski definition) is 1. The highest BCUT2D eigenvalue weighted by molar-refractivity contribution is 5.85. The maximum Gasteiger partial charge on any atom is 0.154 e. The standard InChI is InChI=1S/C15H23N5/c1-19(2)10-9-17-15-14-13(7-8-16-15)20(11-18-14)12-5-3-4-6-12/h7-8,11-12H,3-6,9-10H2,1-2H3,(H,16,17). The molecule has 3 rings (SSSR count). The van der Waals surface area contributed by atoms with Crippen LogP contribution in [0.25, 0.3) is 11.0 Å². The van der Waals surface area contributed by atoms with Gasteiger partial charge in [-0.25, -0.2) is 9.97 Å². The number of hydrogen-bond acceptors (Lipinski definition) is 4. The summed E-state index contributed by atoms with van der Waals surface area (Å²) in [6.45, 7) is 1.87. The van der Waals surface area contributed by atoms with E-state index in [2.05, 4.69) is 44.9 Å². The average molecular weight is 273 g/mol. The third-order valence-electron chi connectivity index (χ3n) is 4.06. The summed E-state index contributed by atoms with van der Waals surface area (Å²) in [5.74, 6) is 0.904. The van der Waals surface area contributed by atoms with E-state index in [1.165, 1.54) is 31.2 Å². The second-order valence-corrected chi connectivity index (χ2v) is 5.85. The van der Waals surface area contributed by atoms with Gasteiger partial charge in [-0.1, -0.05) is 12.8 Å². The highest BCUT2D eigenvalue weighted by Gasteiger charge is 2.19. The van der Waals surface area contributed by atoms with Gasteiger partial charge in [-0.15, -0.1) is 0 Å². The lowest BCUT2D eigenvalue weighted by Gasteiger charge is -2.13. The minimum absolute atomic E-state index is 0.622. The van der Waals surface area contributed by atoms with E-state index in [4.69, 9.17) is 0 Å². The highest BCUT2D eigenvalue weighted by atomic mass is 15.1. The summed E-state index contributed by atoms with van der Waals surface area (Å²) in [7, 11) is 4.15. The molecule has 0 amide bonds. The zero-order chi connectivity index (χ0) is 13.9. The molecule has 1 N–H and O–H groups in total. The van der Waals surface area contributed by atoms with E-state index in [-0.39, 0.29) is 0 Å². The lowest BCUT2D eigenvalue weighted by molar-refractivity contribution is 0.425. The lowest BCUT2D eigenvalue weighted by atomic mass is 10.2. The summed E-state index contributed by atoms with van der Waals surface area (Å²) < 4.78 is 2.33. The molecule has 2 aromatic rings. The van der Waals surface area contributed by atoms with Gasteiger partial charge >= 0.3 is 0 Å². The molecule has 0 saturated heterocycles. The SMILES string of the molecule is CN(C)CCNc1nccc2c1ncn2C1CCCC1. The summed E-state index contributed by atoms with van der Waals surface area (Å²) in [5.41, 5.74) is 2.21. The van der Waals surface area contributed by atoms with E-state index in [1.54, 1.807) is 0 Å². The molecule has 0 aliphatic heterocycles. The molecule has 20 heavy (non-hydrogen) atoms. The molecule has 2 aromatic heterocycles. The van der Waals surface area contributed by atoms with Crippen LogP contribution in [0.2, 0.25) is 0 Å². The topological polar surface area (TPSA) is 46.0 Å². The fraction of sp³-hybridized carbons (Fsp3) is 0.600. The van der Waals surface area contributed by atoms with Gasteiger partial charge in [0.25, 0.3) is 0 Å². The monoisotopic (exact) mass is 273 g/mol. The second-order valence-electron chi connectivity index (χ2n) is 5.85. The molecule has 2 heterocycles. The van der Waals surface area contributed by atoms with Gasteiger partial charge in [0.05, 0.1) is 11.8 Å². The number of rotatable bonds is 5. The molecule has 108 valence electrons. The first-order chi connectivity index (χ1) is 9.75. The smallest absolute Gasteiger partial charge is 0.154 e. The molecule has 0 atom stereocenters. The maximum atomic E-state index is 4.59. The molecule has 5 heteroatoms. The highest BCUT2D eigenvalue weighted by Crippen LogP contribution is 2.32. The van der Waals surface area contributed by atoms with Gasteiger partial charge in [0.15, 0.2) is 5.82 Å². The van der Waals surface area contributed by atoms with Gasteiger partial charge in [0.2, 0.25) is 0 Å². The molecule has 0 radical (unpaired) electrons. The van der Waals surface area contributed by atoms with Crippen LogP contribution in [0.15, 0.2) is 18.6 Å². The Morgan fingerprint density at radius 1 is 1.30 bits per heavy atom. The van der Waals surface area contributed by atoms with Crippen molar-refractivity contribution in [2.75, 3.05) is 32.5 Å². The van der Waals surface area contributed by atoms with Crippen molar-refractivity contribution in [1.82, 2.24) is 19.4 Å². The van der Waals surface area contributed by atoms with Crippen LogP contribution in [-0.2, 0) is 0 Å². The van der Waals surface area contributed by atoms with Crippen molar-refractivity contribution < 1.29 is 0 Å². The van der Waals surface area contributed by atoms with Gasteiger partial charge in [-0.3, -0.25) is 0 Å². The van der Waals surface area contributed by atoms with Crippen LogP contribution in [0.3, 0.4) is 0 Å². The van der Waals surface area contributed by atoms with E-state index >= 15 is 0 Å². The third kappa shape index (κ3) is 2.63. The van der Waals surface area contributed by atoms with Gasteiger partial charge in [0.1, 0.15) is 5.52 Å². The first-order valence-electron chi connectivity index (χ1n) is 7.46. The molecule has 1 aliphatic carbocycles. The molecule has 0 aromatic carbocycles. The number of imidazole rings is 1. The first kappa shape index (κ1) is 13.4. The van der Waals surface area contributed by atoms with Gasteiger partial charge in [-0.2, -0.15) is 0 Å². The van der Waals surface area contributed by atoms with E-state index in [1.807, 2.05) is 12.5 Å². The zero-order valence-electron chi connectivity index (χ0n) is 12.3. The zero-order valence-corrected chi connectivity index (χ0v) is 12.3. The van der Waals surface area contributed by atoms with Crippen LogP contribution in [-0.4, -0.2) is 46.6 Å². The van der Waals surface area contributed by atoms with E-state index in [9.17, 15) is 0 Å². The Labute approximate surface area is 120 Å². The first-order valence-corrected chi connectivity index (χ1v) is 7.46. The lowest BCUT2D eigenvalue weighted by Crippen LogP contribution is -2.21. The van der Waals surface area contributed by atoms with Crippen molar-refractivity contribution in [1.29, 1.82) is 0 Å². The molecule has 0 bridgehead atoms. The quantitative estimate of drug-likeness (QED) is 0.909.